The van der Waals surface area contributed by atoms with Crippen molar-refractivity contribution >= 4 is 35.0 Å². The highest BCUT2D eigenvalue weighted by atomic mass is 35.5. The number of likely N-dealkylation sites (tertiary alicyclic amines) is 1. The molecule has 0 aliphatic carbocycles. The zero-order valence-corrected chi connectivity index (χ0v) is 15.7. The Morgan fingerprint density at radius 3 is 2.54 bits per heavy atom. The van der Waals surface area contributed by atoms with E-state index in [9.17, 15) is 9.59 Å². The molecule has 1 aromatic carbocycles. The van der Waals surface area contributed by atoms with Crippen molar-refractivity contribution in [3.05, 3.63) is 63.4 Å². The van der Waals surface area contributed by atoms with Crippen LogP contribution in [0.1, 0.15) is 39.1 Å². The highest BCUT2D eigenvalue weighted by molar-refractivity contribution is 6.35. The maximum Gasteiger partial charge on any atom is 0.255 e. The van der Waals surface area contributed by atoms with Gasteiger partial charge in [0.25, 0.3) is 11.8 Å². The van der Waals surface area contributed by atoms with E-state index in [0.717, 1.165) is 31.5 Å². The van der Waals surface area contributed by atoms with Gasteiger partial charge in [0.1, 0.15) is 0 Å². The van der Waals surface area contributed by atoms with Crippen LogP contribution in [0.4, 0.5) is 0 Å². The Kier molecular flexibility index (Phi) is 6.12. The van der Waals surface area contributed by atoms with Crippen molar-refractivity contribution in [3.8, 4) is 0 Å². The van der Waals surface area contributed by atoms with Crippen LogP contribution in [0.2, 0.25) is 10.0 Å². The van der Waals surface area contributed by atoms with Crippen LogP contribution in [0, 0.1) is 0 Å². The largest absolute Gasteiger partial charge is 0.352 e. The van der Waals surface area contributed by atoms with Gasteiger partial charge in [-0.3, -0.25) is 14.6 Å². The number of nitrogens with zero attached hydrogens (tertiary/aromatic N) is 2. The molecule has 0 bridgehead atoms. The summed E-state index contributed by atoms with van der Waals surface area (Å²) in [5.41, 5.74) is 1.73. The van der Waals surface area contributed by atoms with Gasteiger partial charge >= 0.3 is 0 Å². The third-order valence-corrected chi connectivity index (χ3v) is 4.92. The molecular formula is C19H19Cl2N3O2. The minimum Gasteiger partial charge on any atom is -0.352 e. The molecule has 1 aliphatic heterocycles. The van der Waals surface area contributed by atoms with Crippen molar-refractivity contribution in [1.29, 1.82) is 0 Å². The molecule has 0 radical (unpaired) electrons. The highest BCUT2D eigenvalue weighted by Gasteiger charge is 2.20. The molecule has 7 heteroatoms. The molecule has 0 unspecified atom stereocenters. The molecule has 1 aliphatic rings. The molecule has 1 N–H and O–H groups in total. The average molecular weight is 392 g/mol. The molecular weight excluding hydrogens is 373 g/mol. The topological polar surface area (TPSA) is 62.3 Å². The van der Waals surface area contributed by atoms with E-state index in [4.69, 9.17) is 23.2 Å². The van der Waals surface area contributed by atoms with Gasteiger partial charge in [0.05, 0.1) is 11.1 Å². The molecule has 2 heterocycles. The fourth-order valence-electron chi connectivity index (χ4n) is 2.92. The molecule has 0 atom stereocenters. The number of benzene rings is 1. The van der Waals surface area contributed by atoms with Crippen LogP contribution in [-0.4, -0.2) is 41.3 Å². The van der Waals surface area contributed by atoms with Crippen LogP contribution < -0.4 is 5.32 Å². The van der Waals surface area contributed by atoms with Gasteiger partial charge in [-0.2, -0.15) is 0 Å². The van der Waals surface area contributed by atoms with Crippen LogP contribution in [-0.2, 0) is 6.42 Å². The van der Waals surface area contributed by atoms with Gasteiger partial charge in [0.15, 0.2) is 0 Å². The summed E-state index contributed by atoms with van der Waals surface area (Å²) in [4.78, 5) is 30.6. The first-order valence-corrected chi connectivity index (χ1v) is 9.26. The molecule has 0 saturated carbocycles. The number of hydrogen-bond acceptors (Lipinski definition) is 3. The third-order valence-electron chi connectivity index (χ3n) is 4.34. The molecule has 3 rings (SSSR count). The fraction of sp³-hybridized carbons (Fsp3) is 0.316. The van der Waals surface area contributed by atoms with Gasteiger partial charge in [-0.1, -0.05) is 29.3 Å². The number of nitrogens with one attached hydrogen (secondary N) is 1. The SMILES string of the molecule is O=C(NCCc1ccc(Cl)cc1Cl)c1cncc(C(=O)N2CCCC2)c1. The lowest BCUT2D eigenvalue weighted by Gasteiger charge is -2.15. The summed E-state index contributed by atoms with van der Waals surface area (Å²) in [5.74, 6) is -0.337. The molecule has 1 aromatic heterocycles. The van der Waals surface area contributed by atoms with E-state index in [1.54, 1.807) is 23.1 Å². The Hall–Kier alpha value is -2.11. The van der Waals surface area contributed by atoms with Crippen LogP contribution in [0.25, 0.3) is 0 Å². The molecule has 1 saturated heterocycles. The van der Waals surface area contributed by atoms with E-state index >= 15 is 0 Å². The molecule has 26 heavy (non-hydrogen) atoms. The van der Waals surface area contributed by atoms with Gasteiger partial charge in [0.2, 0.25) is 0 Å². The van der Waals surface area contributed by atoms with Gasteiger partial charge < -0.3 is 10.2 Å². The summed E-state index contributed by atoms with van der Waals surface area (Å²) in [6.45, 7) is 1.94. The van der Waals surface area contributed by atoms with Gasteiger partial charge in [-0.05, 0) is 43.0 Å². The van der Waals surface area contributed by atoms with Crippen molar-refractivity contribution in [3.63, 3.8) is 0 Å². The monoisotopic (exact) mass is 391 g/mol. The zero-order valence-electron chi connectivity index (χ0n) is 14.2. The Balaban J connectivity index is 1.59. The summed E-state index contributed by atoms with van der Waals surface area (Å²) in [6.07, 6.45) is 5.59. The van der Waals surface area contributed by atoms with Crippen molar-refractivity contribution in [1.82, 2.24) is 15.2 Å². The minimum absolute atomic E-state index is 0.0717. The minimum atomic E-state index is -0.265. The van der Waals surface area contributed by atoms with E-state index in [2.05, 4.69) is 10.3 Å². The number of aromatic nitrogens is 1. The number of pyridine rings is 1. The molecule has 136 valence electrons. The van der Waals surface area contributed by atoms with Crippen molar-refractivity contribution in [2.45, 2.75) is 19.3 Å². The Bertz CT molecular complexity index is 820. The maximum absolute atomic E-state index is 12.4. The standard InChI is InChI=1S/C19H19Cl2N3O2/c20-16-4-3-13(17(21)10-16)5-6-23-18(25)14-9-15(12-22-11-14)19(26)24-7-1-2-8-24/h3-4,9-12H,1-2,5-8H2,(H,23,25). The number of rotatable bonds is 5. The quantitative estimate of drug-likeness (QED) is 0.846. The van der Waals surface area contributed by atoms with Crippen molar-refractivity contribution in [2.24, 2.45) is 0 Å². The second-order valence-corrected chi connectivity index (χ2v) is 7.05. The Labute approximate surface area is 162 Å². The maximum atomic E-state index is 12.4. The van der Waals surface area contributed by atoms with Crippen LogP contribution in [0.15, 0.2) is 36.7 Å². The number of halogens is 2. The lowest BCUT2D eigenvalue weighted by Crippen LogP contribution is -2.29. The molecule has 2 aromatic rings. The lowest BCUT2D eigenvalue weighted by atomic mass is 10.1. The molecule has 1 fully saturated rings. The average Bonchev–Trinajstić information content (AvgIpc) is 3.17. The molecule has 0 spiro atoms. The van der Waals surface area contributed by atoms with Crippen molar-refractivity contribution < 1.29 is 9.59 Å². The van der Waals surface area contributed by atoms with Gasteiger partial charge in [0, 0.05) is 42.1 Å². The predicted molar refractivity (Wildman–Crippen MR) is 102 cm³/mol. The summed E-state index contributed by atoms with van der Waals surface area (Å²) in [5, 5.41) is 3.98. The molecule has 5 nitrogen and oxygen atoms in total. The normalized spacial score (nSPS) is 13.7. The Morgan fingerprint density at radius 2 is 1.81 bits per heavy atom. The van der Waals surface area contributed by atoms with E-state index in [1.807, 2.05) is 6.07 Å². The number of hydrogen-bond donors (Lipinski definition) is 1. The summed E-state index contributed by atoms with van der Waals surface area (Å²) < 4.78 is 0. The number of amides is 2. The lowest BCUT2D eigenvalue weighted by molar-refractivity contribution is 0.0792. The van der Waals surface area contributed by atoms with Gasteiger partial charge in [-0.15, -0.1) is 0 Å². The summed E-state index contributed by atoms with van der Waals surface area (Å²) in [7, 11) is 0. The Morgan fingerprint density at radius 1 is 1.08 bits per heavy atom. The third kappa shape index (κ3) is 4.54. The molecule has 2 amide bonds. The smallest absolute Gasteiger partial charge is 0.255 e. The second kappa shape index (κ2) is 8.52. The van der Waals surface area contributed by atoms with E-state index in [0.29, 0.717) is 34.1 Å². The zero-order chi connectivity index (χ0) is 18.5. The van der Waals surface area contributed by atoms with Crippen LogP contribution in [0.3, 0.4) is 0 Å². The van der Waals surface area contributed by atoms with E-state index in [1.165, 1.54) is 12.4 Å². The van der Waals surface area contributed by atoms with E-state index < -0.39 is 0 Å². The fourth-order valence-corrected chi connectivity index (χ4v) is 3.42. The number of carbonyl (C=O) groups is 2. The first-order chi connectivity index (χ1) is 12.5. The highest BCUT2D eigenvalue weighted by Crippen LogP contribution is 2.21. The predicted octanol–water partition coefficient (Wildman–Crippen LogP) is 3.60. The first-order valence-electron chi connectivity index (χ1n) is 8.51. The van der Waals surface area contributed by atoms with Crippen molar-refractivity contribution in [2.75, 3.05) is 19.6 Å². The number of carbonyl (C=O) groups excluding carboxylic acids is 2. The summed E-state index contributed by atoms with van der Waals surface area (Å²) in [6, 6.07) is 6.88. The van der Waals surface area contributed by atoms with Crippen LogP contribution in [0.5, 0.6) is 0 Å². The summed E-state index contributed by atoms with van der Waals surface area (Å²) >= 11 is 12.0. The first kappa shape index (κ1) is 18.7. The van der Waals surface area contributed by atoms with Gasteiger partial charge in [-0.25, -0.2) is 0 Å². The van der Waals surface area contributed by atoms with E-state index in [-0.39, 0.29) is 11.8 Å². The second-order valence-electron chi connectivity index (χ2n) is 6.20. The van der Waals surface area contributed by atoms with Crippen LogP contribution >= 0.6 is 23.2 Å².